The van der Waals surface area contributed by atoms with Gasteiger partial charge in [0.25, 0.3) is 5.91 Å². The molecule has 144 valence electrons. The van der Waals surface area contributed by atoms with E-state index in [1.807, 2.05) is 66.7 Å². The van der Waals surface area contributed by atoms with Crippen LogP contribution >= 0.6 is 11.8 Å². The lowest BCUT2D eigenvalue weighted by molar-refractivity contribution is -0.122. The van der Waals surface area contributed by atoms with Crippen LogP contribution in [0, 0.1) is 0 Å². The number of anilines is 1. The zero-order valence-corrected chi connectivity index (χ0v) is 17.2. The summed E-state index contributed by atoms with van der Waals surface area (Å²) in [5.41, 5.74) is 1.89. The van der Waals surface area contributed by atoms with Crippen molar-refractivity contribution in [3.05, 3.63) is 84.4 Å². The van der Waals surface area contributed by atoms with Gasteiger partial charge in [0.05, 0.1) is 5.69 Å². The summed E-state index contributed by atoms with van der Waals surface area (Å²) in [4.78, 5) is 14.9. The van der Waals surface area contributed by atoms with Gasteiger partial charge in [-0.15, -0.1) is 0 Å². The smallest absolute Gasteiger partial charge is 0.265 e. The lowest BCUT2D eigenvalue weighted by atomic mass is 10.0. The number of carbonyl (C=O) groups excluding carboxylic acids is 1. The number of hydrogen-bond acceptors (Lipinski definition) is 3. The number of hydrogen-bond donors (Lipinski definition) is 1. The van der Waals surface area contributed by atoms with Gasteiger partial charge in [-0.1, -0.05) is 74.1 Å². The van der Waals surface area contributed by atoms with Gasteiger partial charge < -0.3 is 10.1 Å². The van der Waals surface area contributed by atoms with Gasteiger partial charge >= 0.3 is 0 Å². The zero-order chi connectivity index (χ0) is 19.9. The van der Waals surface area contributed by atoms with Crippen molar-refractivity contribution in [3.8, 4) is 5.75 Å². The van der Waals surface area contributed by atoms with Crippen LogP contribution in [-0.4, -0.2) is 12.0 Å². The van der Waals surface area contributed by atoms with E-state index in [4.69, 9.17) is 4.74 Å². The number of rotatable bonds is 7. The van der Waals surface area contributed by atoms with Crippen LogP contribution in [0.25, 0.3) is 0 Å². The highest BCUT2D eigenvalue weighted by Crippen LogP contribution is 2.33. The standard InChI is InChI=1S/C24H25NO2S/c1-17(2)20-13-7-9-15-22(20)27-18(3)24(26)25-21-14-8-10-16-23(21)28-19-11-5-4-6-12-19/h4-18H,1-3H3,(H,25,26)/t18-/m0/s1. The third kappa shape index (κ3) is 5.17. The number of amides is 1. The summed E-state index contributed by atoms with van der Waals surface area (Å²) in [5.74, 6) is 0.918. The molecule has 0 aliphatic heterocycles. The minimum Gasteiger partial charge on any atom is -0.481 e. The molecule has 0 unspecified atom stereocenters. The van der Waals surface area contributed by atoms with Crippen LogP contribution in [0.2, 0.25) is 0 Å². The molecule has 0 aliphatic rings. The first-order chi connectivity index (χ1) is 13.5. The molecule has 1 amide bonds. The lowest BCUT2D eigenvalue weighted by Crippen LogP contribution is -2.30. The van der Waals surface area contributed by atoms with E-state index in [2.05, 4.69) is 31.3 Å². The highest BCUT2D eigenvalue weighted by molar-refractivity contribution is 7.99. The van der Waals surface area contributed by atoms with E-state index in [0.29, 0.717) is 5.92 Å². The maximum atomic E-state index is 12.8. The SMILES string of the molecule is CC(C)c1ccccc1O[C@@H](C)C(=O)Nc1ccccc1Sc1ccccc1. The maximum absolute atomic E-state index is 12.8. The molecular weight excluding hydrogens is 366 g/mol. The second-order valence-corrected chi connectivity index (χ2v) is 7.97. The van der Waals surface area contributed by atoms with Crippen molar-refractivity contribution >= 4 is 23.4 Å². The molecule has 1 N–H and O–H groups in total. The zero-order valence-electron chi connectivity index (χ0n) is 16.4. The molecule has 0 bridgehead atoms. The first-order valence-corrected chi connectivity index (χ1v) is 10.2. The van der Waals surface area contributed by atoms with E-state index in [1.54, 1.807) is 18.7 Å². The van der Waals surface area contributed by atoms with E-state index >= 15 is 0 Å². The van der Waals surface area contributed by atoms with Gasteiger partial charge in [-0.2, -0.15) is 0 Å². The maximum Gasteiger partial charge on any atom is 0.265 e. The summed E-state index contributed by atoms with van der Waals surface area (Å²) in [5, 5.41) is 3.01. The van der Waals surface area contributed by atoms with Gasteiger partial charge in [-0.25, -0.2) is 0 Å². The second kappa shape index (κ2) is 9.47. The minimum absolute atomic E-state index is 0.167. The minimum atomic E-state index is -0.602. The molecule has 4 heteroatoms. The number of carbonyl (C=O) groups is 1. The largest absolute Gasteiger partial charge is 0.481 e. The van der Waals surface area contributed by atoms with Gasteiger partial charge in [0, 0.05) is 9.79 Å². The molecule has 28 heavy (non-hydrogen) atoms. The van der Waals surface area contributed by atoms with Crippen molar-refractivity contribution in [2.45, 2.75) is 42.6 Å². The summed E-state index contributed by atoms with van der Waals surface area (Å²) < 4.78 is 5.98. The second-order valence-electron chi connectivity index (χ2n) is 6.85. The van der Waals surface area contributed by atoms with Crippen LogP contribution in [0.15, 0.2) is 88.7 Å². The molecule has 0 saturated heterocycles. The molecule has 0 spiro atoms. The van der Waals surface area contributed by atoms with Crippen molar-refractivity contribution in [1.29, 1.82) is 0 Å². The number of ether oxygens (including phenoxy) is 1. The fourth-order valence-electron chi connectivity index (χ4n) is 2.82. The van der Waals surface area contributed by atoms with E-state index in [-0.39, 0.29) is 5.91 Å². The predicted molar refractivity (Wildman–Crippen MR) is 116 cm³/mol. The first-order valence-electron chi connectivity index (χ1n) is 9.43. The molecule has 0 radical (unpaired) electrons. The predicted octanol–water partition coefficient (Wildman–Crippen LogP) is 6.37. The van der Waals surface area contributed by atoms with Crippen molar-refractivity contribution in [2.24, 2.45) is 0 Å². The summed E-state index contributed by atoms with van der Waals surface area (Å²) in [6.45, 7) is 6.01. The van der Waals surface area contributed by atoms with E-state index in [9.17, 15) is 4.79 Å². The Kier molecular flexibility index (Phi) is 6.77. The van der Waals surface area contributed by atoms with Crippen LogP contribution in [-0.2, 0) is 4.79 Å². The van der Waals surface area contributed by atoms with Gasteiger partial charge in [-0.05, 0) is 48.7 Å². The van der Waals surface area contributed by atoms with Gasteiger partial charge in [0.1, 0.15) is 5.75 Å². The third-order valence-corrected chi connectivity index (χ3v) is 5.41. The Morgan fingerprint density at radius 1 is 0.857 bits per heavy atom. The fraction of sp³-hybridized carbons (Fsp3) is 0.208. The Balaban J connectivity index is 1.71. The van der Waals surface area contributed by atoms with Crippen molar-refractivity contribution in [2.75, 3.05) is 5.32 Å². The Morgan fingerprint density at radius 3 is 2.25 bits per heavy atom. The van der Waals surface area contributed by atoms with Crippen molar-refractivity contribution < 1.29 is 9.53 Å². The number of benzene rings is 3. The summed E-state index contributed by atoms with van der Waals surface area (Å²) in [6, 6.07) is 25.8. The molecule has 0 aromatic heterocycles. The van der Waals surface area contributed by atoms with Gasteiger partial charge in [0.2, 0.25) is 0 Å². The Hall–Kier alpha value is -2.72. The molecule has 1 atom stereocenters. The monoisotopic (exact) mass is 391 g/mol. The van der Waals surface area contributed by atoms with Crippen molar-refractivity contribution in [1.82, 2.24) is 0 Å². The van der Waals surface area contributed by atoms with Crippen LogP contribution < -0.4 is 10.1 Å². The van der Waals surface area contributed by atoms with Gasteiger partial charge in [0.15, 0.2) is 6.10 Å². The van der Waals surface area contributed by atoms with Crippen LogP contribution in [0.3, 0.4) is 0 Å². The molecule has 0 heterocycles. The topological polar surface area (TPSA) is 38.3 Å². The molecule has 3 aromatic carbocycles. The third-order valence-electron chi connectivity index (χ3n) is 4.33. The fourth-order valence-corrected chi connectivity index (χ4v) is 3.74. The number of nitrogens with one attached hydrogen (secondary N) is 1. The van der Waals surface area contributed by atoms with Crippen LogP contribution in [0.1, 0.15) is 32.3 Å². The first kappa shape index (κ1) is 20.0. The molecule has 3 rings (SSSR count). The van der Waals surface area contributed by atoms with E-state index < -0.39 is 6.10 Å². The van der Waals surface area contributed by atoms with Crippen molar-refractivity contribution in [3.63, 3.8) is 0 Å². The summed E-state index contributed by atoms with van der Waals surface area (Å²) in [7, 11) is 0. The summed E-state index contributed by atoms with van der Waals surface area (Å²) >= 11 is 1.62. The lowest BCUT2D eigenvalue weighted by Gasteiger charge is -2.19. The normalized spacial score (nSPS) is 11.9. The molecule has 0 fully saturated rings. The average Bonchev–Trinajstić information content (AvgIpc) is 2.70. The molecular formula is C24H25NO2S. The average molecular weight is 392 g/mol. The quantitative estimate of drug-likeness (QED) is 0.509. The molecule has 0 saturated carbocycles. The Morgan fingerprint density at radius 2 is 1.50 bits per heavy atom. The molecule has 3 nitrogen and oxygen atoms in total. The van der Waals surface area contributed by atoms with Crippen LogP contribution in [0.4, 0.5) is 5.69 Å². The summed E-state index contributed by atoms with van der Waals surface area (Å²) in [6.07, 6.45) is -0.602. The highest BCUT2D eigenvalue weighted by atomic mass is 32.2. The van der Waals surface area contributed by atoms with Gasteiger partial charge in [-0.3, -0.25) is 4.79 Å². The van der Waals surface area contributed by atoms with E-state index in [0.717, 1.165) is 26.8 Å². The molecule has 0 aliphatic carbocycles. The Bertz CT molecular complexity index is 925. The van der Waals surface area contributed by atoms with Crippen LogP contribution in [0.5, 0.6) is 5.75 Å². The number of para-hydroxylation sites is 2. The van der Waals surface area contributed by atoms with E-state index in [1.165, 1.54) is 0 Å². The Labute approximate surface area is 171 Å². The highest BCUT2D eigenvalue weighted by Gasteiger charge is 2.18. The molecule has 3 aromatic rings.